The summed E-state index contributed by atoms with van der Waals surface area (Å²) in [6.45, 7) is 5.71. The Bertz CT molecular complexity index is 938. The number of ketones is 1. The van der Waals surface area contributed by atoms with E-state index in [4.69, 9.17) is 4.74 Å². The van der Waals surface area contributed by atoms with Crippen LogP contribution in [0.5, 0.6) is 0 Å². The van der Waals surface area contributed by atoms with E-state index in [-0.39, 0.29) is 12.4 Å². The standard InChI is InChI=1S/C23H23NO3/c1-3-24(4-2)19-14-12-18(13-15-19)23(26)27-16-22(25)21-11-7-9-17-8-5-6-10-20(17)21/h5-15H,3-4,16H2,1-2H3. The predicted molar refractivity (Wildman–Crippen MR) is 109 cm³/mol. The zero-order valence-corrected chi connectivity index (χ0v) is 15.6. The fourth-order valence-electron chi connectivity index (χ4n) is 3.16. The highest BCUT2D eigenvalue weighted by atomic mass is 16.5. The molecule has 0 N–H and O–H groups in total. The number of hydrogen-bond acceptors (Lipinski definition) is 4. The second kappa shape index (κ2) is 8.49. The molecule has 0 bridgehead atoms. The summed E-state index contributed by atoms with van der Waals surface area (Å²) < 4.78 is 5.24. The smallest absolute Gasteiger partial charge is 0.338 e. The van der Waals surface area contributed by atoms with E-state index in [0.29, 0.717) is 11.1 Å². The molecule has 3 aromatic rings. The first-order valence-corrected chi connectivity index (χ1v) is 9.17. The molecule has 138 valence electrons. The molecule has 0 amide bonds. The summed E-state index contributed by atoms with van der Waals surface area (Å²) in [5.41, 5.74) is 2.07. The van der Waals surface area contributed by atoms with Crippen molar-refractivity contribution in [3.05, 3.63) is 77.9 Å². The molecule has 0 heterocycles. The van der Waals surface area contributed by atoms with Gasteiger partial charge in [-0.25, -0.2) is 4.79 Å². The average molecular weight is 361 g/mol. The van der Waals surface area contributed by atoms with Crippen molar-refractivity contribution in [2.75, 3.05) is 24.6 Å². The minimum atomic E-state index is -0.491. The number of anilines is 1. The highest BCUT2D eigenvalue weighted by Gasteiger charge is 2.14. The van der Waals surface area contributed by atoms with Gasteiger partial charge in [-0.1, -0.05) is 42.5 Å². The Balaban J connectivity index is 1.67. The molecule has 0 fully saturated rings. The van der Waals surface area contributed by atoms with E-state index in [2.05, 4.69) is 18.7 Å². The lowest BCUT2D eigenvalue weighted by Crippen LogP contribution is -2.21. The second-order valence-corrected chi connectivity index (χ2v) is 6.25. The van der Waals surface area contributed by atoms with Crippen LogP contribution in [0.2, 0.25) is 0 Å². The van der Waals surface area contributed by atoms with Crippen LogP contribution in [0.4, 0.5) is 5.69 Å². The first-order chi connectivity index (χ1) is 13.1. The molecule has 0 aliphatic heterocycles. The number of hydrogen-bond donors (Lipinski definition) is 0. The highest BCUT2D eigenvalue weighted by molar-refractivity contribution is 6.09. The Morgan fingerprint density at radius 3 is 2.22 bits per heavy atom. The number of esters is 1. The van der Waals surface area contributed by atoms with Gasteiger partial charge in [-0.05, 0) is 48.9 Å². The monoisotopic (exact) mass is 361 g/mol. The van der Waals surface area contributed by atoms with Gasteiger partial charge in [0.25, 0.3) is 0 Å². The number of benzene rings is 3. The van der Waals surface area contributed by atoms with Crippen molar-refractivity contribution in [3.63, 3.8) is 0 Å². The van der Waals surface area contributed by atoms with E-state index in [1.54, 1.807) is 18.2 Å². The molecule has 0 saturated carbocycles. The van der Waals surface area contributed by atoms with Crippen LogP contribution >= 0.6 is 0 Å². The zero-order chi connectivity index (χ0) is 19.2. The lowest BCUT2D eigenvalue weighted by Gasteiger charge is -2.20. The van der Waals surface area contributed by atoms with E-state index in [9.17, 15) is 9.59 Å². The predicted octanol–water partition coefficient (Wildman–Crippen LogP) is 4.73. The van der Waals surface area contributed by atoms with Crippen LogP contribution < -0.4 is 4.90 Å². The number of fused-ring (bicyclic) bond motifs is 1. The fraction of sp³-hybridized carbons (Fsp3) is 0.217. The summed E-state index contributed by atoms with van der Waals surface area (Å²) in [5.74, 6) is -0.699. The maximum absolute atomic E-state index is 12.5. The maximum atomic E-state index is 12.5. The van der Waals surface area contributed by atoms with Crippen molar-refractivity contribution >= 4 is 28.2 Å². The number of carbonyl (C=O) groups excluding carboxylic acids is 2. The minimum Gasteiger partial charge on any atom is -0.454 e. The van der Waals surface area contributed by atoms with Gasteiger partial charge < -0.3 is 9.64 Å². The molecule has 0 aliphatic rings. The molecule has 0 saturated heterocycles. The van der Waals surface area contributed by atoms with Gasteiger partial charge >= 0.3 is 5.97 Å². The molecule has 0 radical (unpaired) electrons. The van der Waals surface area contributed by atoms with Crippen LogP contribution in [-0.4, -0.2) is 31.4 Å². The van der Waals surface area contributed by atoms with Crippen molar-refractivity contribution in [1.82, 2.24) is 0 Å². The van der Waals surface area contributed by atoms with Crippen LogP contribution in [0.3, 0.4) is 0 Å². The Morgan fingerprint density at radius 1 is 0.852 bits per heavy atom. The van der Waals surface area contributed by atoms with Crippen molar-refractivity contribution in [1.29, 1.82) is 0 Å². The van der Waals surface area contributed by atoms with E-state index < -0.39 is 5.97 Å². The first kappa shape index (κ1) is 18.6. The molecule has 4 heteroatoms. The van der Waals surface area contributed by atoms with Crippen LogP contribution in [0.1, 0.15) is 34.6 Å². The largest absolute Gasteiger partial charge is 0.454 e. The lowest BCUT2D eigenvalue weighted by molar-refractivity contribution is 0.0475. The third kappa shape index (κ3) is 4.17. The van der Waals surface area contributed by atoms with Crippen molar-refractivity contribution in [2.45, 2.75) is 13.8 Å². The summed E-state index contributed by atoms with van der Waals surface area (Å²) in [5, 5.41) is 1.85. The first-order valence-electron chi connectivity index (χ1n) is 9.17. The number of rotatable bonds is 7. The SMILES string of the molecule is CCN(CC)c1ccc(C(=O)OCC(=O)c2cccc3ccccc23)cc1. The van der Waals surface area contributed by atoms with E-state index in [1.165, 1.54) is 0 Å². The van der Waals surface area contributed by atoms with Crippen molar-refractivity contribution in [3.8, 4) is 0 Å². The Morgan fingerprint density at radius 2 is 1.52 bits per heavy atom. The van der Waals surface area contributed by atoms with Gasteiger partial charge in [0.15, 0.2) is 6.61 Å². The van der Waals surface area contributed by atoms with Gasteiger partial charge in [0.05, 0.1) is 5.56 Å². The van der Waals surface area contributed by atoms with Gasteiger partial charge in [0.1, 0.15) is 0 Å². The van der Waals surface area contributed by atoms with E-state index in [0.717, 1.165) is 29.5 Å². The zero-order valence-electron chi connectivity index (χ0n) is 15.6. The van der Waals surface area contributed by atoms with Crippen LogP contribution in [0.15, 0.2) is 66.7 Å². The van der Waals surface area contributed by atoms with Gasteiger partial charge in [-0.2, -0.15) is 0 Å². The summed E-state index contributed by atoms with van der Waals surface area (Å²) in [6.07, 6.45) is 0. The third-order valence-electron chi connectivity index (χ3n) is 4.66. The maximum Gasteiger partial charge on any atom is 0.338 e. The Labute approximate surface area is 159 Å². The molecule has 4 nitrogen and oxygen atoms in total. The second-order valence-electron chi connectivity index (χ2n) is 6.25. The van der Waals surface area contributed by atoms with Crippen molar-refractivity contribution in [2.24, 2.45) is 0 Å². The molecular weight excluding hydrogens is 338 g/mol. The van der Waals surface area contributed by atoms with E-state index >= 15 is 0 Å². The Hall–Kier alpha value is -3.14. The number of nitrogens with zero attached hydrogens (tertiary/aromatic N) is 1. The van der Waals surface area contributed by atoms with Crippen LogP contribution in [0, 0.1) is 0 Å². The Kier molecular flexibility index (Phi) is 5.87. The summed E-state index contributed by atoms with van der Waals surface area (Å²) >= 11 is 0. The average Bonchev–Trinajstić information content (AvgIpc) is 2.72. The molecule has 0 spiro atoms. The molecule has 0 aliphatic carbocycles. The third-order valence-corrected chi connectivity index (χ3v) is 4.66. The highest BCUT2D eigenvalue weighted by Crippen LogP contribution is 2.19. The summed E-state index contributed by atoms with van der Waals surface area (Å²) in [7, 11) is 0. The quantitative estimate of drug-likeness (QED) is 0.451. The van der Waals surface area contributed by atoms with Gasteiger partial charge in [-0.3, -0.25) is 4.79 Å². The number of ether oxygens (including phenoxy) is 1. The molecule has 3 rings (SSSR count). The van der Waals surface area contributed by atoms with Crippen LogP contribution in [-0.2, 0) is 4.74 Å². The lowest BCUT2D eigenvalue weighted by atomic mass is 10.0. The normalized spacial score (nSPS) is 10.6. The van der Waals surface area contributed by atoms with Gasteiger partial charge in [-0.15, -0.1) is 0 Å². The molecule has 3 aromatic carbocycles. The number of Topliss-reactive ketones (excluding diaryl/α,β-unsaturated/α-hetero) is 1. The summed E-state index contributed by atoms with van der Waals surface area (Å²) in [6, 6.07) is 20.5. The van der Waals surface area contributed by atoms with Gasteiger partial charge in [0.2, 0.25) is 5.78 Å². The minimum absolute atomic E-state index is 0.208. The van der Waals surface area contributed by atoms with E-state index in [1.807, 2.05) is 48.5 Å². The molecular formula is C23H23NO3. The molecule has 0 aromatic heterocycles. The van der Waals surface area contributed by atoms with Gasteiger partial charge in [0, 0.05) is 24.3 Å². The fourth-order valence-corrected chi connectivity index (χ4v) is 3.16. The van der Waals surface area contributed by atoms with Crippen molar-refractivity contribution < 1.29 is 14.3 Å². The molecule has 0 atom stereocenters. The molecule has 27 heavy (non-hydrogen) atoms. The number of carbonyl (C=O) groups is 2. The topological polar surface area (TPSA) is 46.6 Å². The summed E-state index contributed by atoms with van der Waals surface area (Å²) in [4.78, 5) is 27.0. The molecule has 0 unspecified atom stereocenters. The van der Waals surface area contributed by atoms with Crippen LogP contribution in [0.25, 0.3) is 10.8 Å².